The quantitative estimate of drug-likeness (QED) is 0.0834. The molecule has 332 valence electrons. The summed E-state index contributed by atoms with van der Waals surface area (Å²) in [5, 5.41) is 21.9. The normalized spacial score (nSPS) is 28.1. The van der Waals surface area contributed by atoms with Crippen molar-refractivity contribution in [3.8, 4) is 16.9 Å². The molecule has 4 N–H and O–H groups in total. The minimum Gasteiger partial charge on any atom is -0.508 e. The van der Waals surface area contributed by atoms with E-state index in [0.29, 0.717) is 29.8 Å². The number of carbonyl (C=O) groups is 2. The minimum absolute atomic E-state index is 0.00725. The van der Waals surface area contributed by atoms with E-state index < -0.39 is 5.41 Å². The van der Waals surface area contributed by atoms with E-state index in [4.69, 9.17) is 9.47 Å². The minimum atomic E-state index is -0.825. The molecule has 3 aromatic rings. The van der Waals surface area contributed by atoms with E-state index in [1.165, 1.54) is 18.4 Å². The lowest BCUT2D eigenvalue weighted by atomic mass is 9.44. The Morgan fingerprint density at radius 3 is 2.59 bits per heavy atom. The highest BCUT2D eigenvalue weighted by Gasteiger charge is 2.68. The summed E-state index contributed by atoms with van der Waals surface area (Å²) in [4.78, 5) is 29.4. The molecule has 7 atom stereocenters. The Kier molecular flexibility index (Phi) is 12.9. The Hall–Kier alpha value is -4.76. The zero-order valence-corrected chi connectivity index (χ0v) is 37.8. The van der Waals surface area contributed by atoms with Crippen LogP contribution < -0.4 is 16.0 Å². The molecule has 3 aliphatic heterocycles. The fraction of sp³-hybridized carbons (Fsp3) is 0.491. The van der Waals surface area contributed by atoms with Crippen LogP contribution in [0.4, 0.5) is 0 Å². The maximum absolute atomic E-state index is 14.9. The highest BCUT2D eigenvalue weighted by atomic mass is 16.5. The Balaban J connectivity index is 1.10. The molecular weight excluding hydrogens is 783 g/mol. The van der Waals surface area contributed by atoms with Gasteiger partial charge in [0, 0.05) is 23.6 Å². The number of cyclic esters (lactones) is 2. The van der Waals surface area contributed by atoms with Crippen molar-refractivity contribution in [2.45, 2.75) is 111 Å². The summed E-state index contributed by atoms with van der Waals surface area (Å²) in [7, 11) is 1.95. The highest BCUT2D eigenvalue weighted by Crippen LogP contribution is 2.72. The molecule has 8 nitrogen and oxygen atoms in total. The maximum Gasteiger partial charge on any atom is 0.340 e. The van der Waals surface area contributed by atoms with E-state index in [1.807, 2.05) is 25.2 Å². The number of esters is 2. The smallest absolute Gasteiger partial charge is 0.340 e. The van der Waals surface area contributed by atoms with Gasteiger partial charge in [0.25, 0.3) is 0 Å². The lowest BCUT2D eigenvalue weighted by Gasteiger charge is -2.56. The first-order chi connectivity index (χ1) is 30.7. The van der Waals surface area contributed by atoms with Crippen LogP contribution in [0.25, 0.3) is 16.7 Å². The third-order valence-electron chi connectivity index (χ3n) is 15.3. The monoisotopic (exact) mass is 850 g/mol. The van der Waals surface area contributed by atoms with Gasteiger partial charge in [0.15, 0.2) is 0 Å². The summed E-state index contributed by atoms with van der Waals surface area (Å²) >= 11 is 0. The number of fused-ring (bicyclic) bond motifs is 1. The number of allylic oxidation sites excluding steroid dienone is 5. The molecule has 0 amide bonds. The first kappa shape index (κ1) is 43.5. The van der Waals surface area contributed by atoms with Gasteiger partial charge in [-0.1, -0.05) is 75.4 Å². The molecule has 10 rings (SSSR count). The number of phenols is 1. The van der Waals surface area contributed by atoms with E-state index >= 15 is 0 Å². The van der Waals surface area contributed by atoms with Crippen LogP contribution in [0.3, 0.4) is 0 Å². The second-order valence-electron chi connectivity index (χ2n) is 19.6. The van der Waals surface area contributed by atoms with Gasteiger partial charge in [0.05, 0.1) is 17.2 Å². The lowest BCUT2D eigenvalue weighted by Crippen LogP contribution is -2.52. The molecule has 63 heavy (non-hydrogen) atoms. The molecule has 1 saturated carbocycles. The predicted octanol–water partition coefficient (Wildman–Crippen LogP) is 10.5. The van der Waals surface area contributed by atoms with Crippen LogP contribution in [0.5, 0.6) is 5.75 Å². The topological polar surface area (TPSA) is 109 Å². The summed E-state index contributed by atoms with van der Waals surface area (Å²) in [6, 6.07) is 24.6. The molecule has 2 bridgehead atoms. The van der Waals surface area contributed by atoms with Crippen molar-refractivity contribution >= 4 is 17.5 Å². The third-order valence-corrected chi connectivity index (χ3v) is 15.3. The van der Waals surface area contributed by atoms with Crippen LogP contribution in [0.1, 0.15) is 108 Å². The lowest BCUT2D eigenvalue weighted by molar-refractivity contribution is -0.135. The van der Waals surface area contributed by atoms with E-state index in [0.717, 1.165) is 128 Å². The number of carbonyl (C=O) groups excluding carboxylic acids is 2. The number of rotatable bonds is 16. The van der Waals surface area contributed by atoms with Crippen LogP contribution in [0.15, 0.2) is 113 Å². The maximum atomic E-state index is 14.9. The summed E-state index contributed by atoms with van der Waals surface area (Å²) in [5.41, 5.74) is 7.94. The standard InChI is InChI=1S/C55H67N3O5/c1-5-35(28-36-13-7-6-8-14-36)30-47-55-25-23-42(49(52(55)54(61)63-47)45-32-40(59)19-20-41(45)39-17-9-16-38(29-39)33-56-4)43-21-22-44-46(62-53(60)50(44)51(43)55)18-10-15-37-24-27-58-48(31-37)57-26-11-12-34(2)3/h6-9,13-14,16-20,29-30,32,34-35,37,42-43,48,51,56-59H,5,10-12,15,21-28,31,33H2,1-4H3/b46-18?,47-30-/t35-,37+,42+,43-,48-,51+,55+/m0/s1. The van der Waals surface area contributed by atoms with Crippen LogP contribution >= 0.6 is 0 Å². The fourth-order valence-electron chi connectivity index (χ4n) is 12.4. The van der Waals surface area contributed by atoms with Crippen molar-refractivity contribution in [2.75, 3.05) is 20.1 Å². The van der Waals surface area contributed by atoms with Crippen molar-refractivity contribution in [3.05, 3.63) is 130 Å². The van der Waals surface area contributed by atoms with Crippen molar-refractivity contribution in [1.82, 2.24) is 16.0 Å². The summed E-state index contributed by atoms with van der Waals surface area (Å²) < 4.78 is 12.9. The molecule has 3 heterocycles. The zero-order valence-electron chi connectivity index (χ0n) is 37.8. The first-order valence-corrected chi connectivity index (χ1v) is 24.1. The van der Waals surface area contributed by atoms with Gasteiger partial charge in [0.1, 0.15) is 17.3 Å². The second kappa shape index (κ2) is 18.8. The molecule has 0 radical (unpaired) electrons. The van der Waals surface area contributed by atoms with Gasteiger partial charge in [-0.15, -0.1) is 0 Å². The van der Waals surface area contributed by atoms with Gasteiger partial charge >= 0.3 is 11.9 Å². The molecule has 1 spiro atoms. The number of benzene rings is 3. The first-order valence-electron chi connectivity index (χ1n) is 24.1. The Bertz CT molecular complexity index is 2320. The van der Waals surface area contributed by atoms with Crippen molar-refractivity contribution in [3.63, 3.8) is 0 Å². The Labute approximate surface area is 374 Å². The molecule has 7 aliphatic rings. The number of aromatic hydroxyl groups is 1. The number of phenolic OH excluding ortho intramolecular Hbond substituents is 1. The van der Waals surface area contributed by atoms with Gasteiger partial charge in [0.2, 0.25) is 0 Å². The van der Waals surface area contributed by atoms with E-state index in [-0.39, 0.29) is 41.4 Å². The molecule has 2 saturated heterocycles. The fourth-order valence-corrected chi connectivity index (χ4v) is 12.4. The molecule has 3 fully saturated rings. The van der Waals surface area contributed by atoms with Gasteiger partial charge < -0.3 is 30.5 Å². The van der Waals surface area contributed by atoms with Crippen LogP contribution in [0, 0.1) is 40.9 Å². The zero-order chi connectivity index (χ0) is 43.7. The Morgan fingerprint density at radius 2 is 1.78 bits per heavy atom. The van der Waals surface area contributed by atoms with Gasteiger partial charge in [-0.3, -0.25) is 0 Å². The van der Waals surface area contributed by atoms with Crippen LogP contribution in [-0.2, 0) is 32.0 Å². The summed E-state index contributed by atoms with van der Waals surface area (Å²) in [6.45, 7) is 9.56. The number of hydrogen-bond donors (Lipinski definition) is 4. The SMILES string of the molecule is CC[C@H](/C=C1\OC(=O)C2=C(c3cc(O)ccc3-c3cccc(CNC)c3)[C@@H]3CC[C@@]21[C@H]1C2=C(CC[C@@H]31)C(=CCC[C@@H]1CCN[C@H](NCCCC(C)C)C1)OC2=O)Cc1ccccc1. The van der Waals surface area contributed by atoms with Gasteiger partial charge in [-0.2, -0.15) is 0 Å². The summed E-state index contributed by atoms with van der Waals surface area (Å²) in [5.74, 6) is 2.35. The van der Waals surface area contributed by atoms with Crippen molar-refractivity contribution in [1.29, 1.82) is 0 Å². The van der Waals surface area contributed by atoms with E-state index in [2.05, 4.69) is 97.4 Å². The highest BCUT2D eigenvalue weighted by molar-refractivity contribution is 6.07. The average molecular weight is 850 g/mol. The van der Waals surface area contributed by atoms with Crippen LogP contribution in [-0.4, -0.2) is 43.3 Å². The van der Waals surface area contributed by atoms with Crippen molar-refractivity contribution in [2.24, 2.45) is 40.9 Å². The largest absolute Gasteiger partial charge is 0.508 e. The number of piperidine rings is 1. The number of nitrogens with one attached hydrogen (secondary N) is 3. The average Bonchev–Trinajstić information content (AvgIpc) is 3.77. The van der Waals surface area contributed by atoms with Gasteiger partial charge in [-0.05, 0) is 191 Å². The van der Waals surface area contributed by atoms with E-state index in [9.17, 15) is 14.7 Å². The van der Waals surface area contributed by atoms with Crippen LogP contribution in [0.2, 0.25) is 0 Å². The molecule has 0 aromatic heterocycles. The second-order valence-corrected chi connectivity index (χ2v) is 19.6. The van der Waals surface area contributed by atoms with Gasteiger partial charge in [-0.25, -0.2) is 9.59 Å². The number of hydrogen-bond acceptors (Lipinski definition) is 8. The number of ether oxygens (including phenoxy) is 2. The molecule has 0 unspecified atom stereocenters. The molecular formula is C55H67N3O5. The summed E-state index contributed by atoms with van der Waals surface area (Å²) in [6.07, 6.45) is 16.3. The third kappa shape index (κ3) is 8.51. The molecule has 8 heteroatoms. The molecule has 4 aliphatic carbocycles. The van der Waals surface area contributed by atoms with E-state index in [1.54, 1.807) is 6.07 Å². The predicted molar refractivity (Wildman–Crippen MR) is 250 cm³/mol. The van der Waals surface area contributed by atoms with Crippen molar-refractivity contribution < 1.29 is 24.2 Å². The molecule has 3 aromatic carbocycles. The Morgan fingerprint density at radius 1 is 0.937 bits per heavy atom.